The number of hydrogen-bond donors (Lipinski definition) is 1. The van der Waals surface area contributed by atoms with Crippen molar-refractivity contribution in [3.63, 3.8) is 0 Å². The molecule has 0 aliphatic heterocycles. The van der Waals surface area contributed by atoms with Crippen LogP contribution in [0.15, 0.2) is 59.4 Å². The second-order valence-corrected chi connectivity index (χ2v) is 6.37. The highest BCUT2D eigenvalue weighted by molar-refractivity contribution is 5.95. The molecule has 8 nitrogen and oxygen atoms in total. The van der Waals surface area contributed by atoms with Gasteiger partial charge in [-0.2, -0.15) is 5.10 Å². The largest absolute Gasteiger partial charge is 0.497 e. The highest BCUT2D eigenvalue weighted by atomic mass is 16.5. The van der Waals surface area contributed by atoms with E-state index in [4.69, 9.17) is 14.2 Å². The topological polar surface area (TPSA) is 91.7 Å². The Balaban J connectivity index is 1.68. The number of aromatic nitrogens is 2. The third-order valence-electron chi connectivity index (χ3n) is 4.48. The Labute approximate surface area is 174 Å². The van der Waals surface area contributed by atoms with Crippen LogP contribution in [0.3, 0.4) is 0 Å². The molecular formula is C22H23N3O5. The van der Waals surface area contributed by atoms with E-state index in [9.17, 15) is 9.59 Å². The summed E-state index contributed by atoms with van der Waals surface area (Å²) in [6, 6.07) is 15.4. The predicted octanol–water partition coefficient (Wildman–Crippen LogP) is 2.37. The van der Waals surface area contributed by atoms with Gasteiger partial charge in [0.05, 0.1) is 33.6 Å². The number of rotatable bonds is 8. The molecule has 1 heterocycles. The predicted molar refractivity (Wildman–Crippen MR) is 112 cm³/mol. The van der Waals surface area contributed by atoms with Crippen LogP contribution in [0, 0.1) is 0 Å². The van der Waals surface area contributed by atoms with Gasteiger partial charge in [-0.25, -0.2) is 4.68 Å². The number of amides is 1. The zero-order chi connectivity index (χ0) is 21.5. The van der Waals surface area contributed by atoms with E-state index >= 15 is 0 Å². The van der Waals surface area contributed by atoms with E-state index in [2.05, 4.69) is 10.4 Å². The summed E-state index contributed by atoms with van der Waals surface area (Å²) in [7, 11) is 4.64. The molecule has 0 bridgehead atoms. The number of carbonyl (C=O) groups excluding carboxylic acids is 1. The Morgan fingerprint density at radius 2 is 1.53 bits per heavy atom. The number of nitrogens with zero attached hydrogens (tertiary/aromatic N) is 2. The maximum atomic E-state index is 12.5. The molecule has 156 valence electrons. The second kappa shape index (κ2) is 9.60. The van der Waals surface area contributed by atoms with Gasteiger partial charge < -0.3 is 19.5 Å². The minimum Gasteiger partial charge on any atom is -0.497 e. The summed E-state index contributed by atoms with van der Waals surface area (Å²) < 4.78 is 16.8. The van der Waals surface area contributed by atoms with Gasteiger partial charge in [-0.05, 0) is 42.5 Å². The van der Waals surface area contributed by atoms with Crippen molar-refractivity contribution in [3.8, 4) is 28.5 Å². The van der Waals surface area contributed by atoms with E-state index in [-0.39, 0.29) is 24.6 Å². The molecule has 1 N–H and O–H groups in total. The first-order valence-electron chi connectivity index (χ1n) is 9.28. The fraction of sp³-hybridized carbons (Fsp3) is 0.227. The van der Waals surface area contributed by atoms with Crippen LogP contribution in [0.1, 0.15) is 10.4 Å². The van der Waals surface area contributed by atoms with Crippen LogP contribution in [-0.2, 0) is 6.54 Å². The van der Waals surface area contributed by atoms with Gasteiger partial charge in [0.15, 0.2) is 0 Å². The smallest absolute Gasteiger partial charge is 0.266 e. The number of hydrogen-bond acceptors (Lipinski definition) is 6. The van der Waals surface area contributed by atoms with Crippen molar-refractivity contribution in [2.24, 2.45) is 0 Å². The summed E-state index contributed by atoms with van der Waals surface area (Å²) in [6.07, 6.45) is 0. The highest BCUT2D eigenvalue weighted by Crippen LogP contribution is 2.22. The average Bonchev–Trinajstić information content (AvgIpc) is 2.79. The first-order valence-corrected chi connectivity index (χ1v) is 9.28. The Kier molecular flexibility index (Phi) is 6.69. The van der Waals surface area contributed by atoms with Crippen molar-refractivity contribution >= 4 is 5.91 Å². The highest BCUT2D eigenvalue weighted by Gasteiger charge is 2.10. The SMILES string of the molecule is COc1ccc(-c2ccc(=O)n(CCNC(=O)c3cc(OC)cc(OC)c3)n2)cc1. The minimum absolute atomic E-state index is 0.232. The first-order chi connectivity index (χ1) is 14.5. The fourth-order valence-electron chi connectivity index (χ4n) is 2.84. The van der Waals surface area contributed by atoms with Crippen molar-refractivity contribution < 1.29 is 19.0 Å². The van der Waals surface area contributed by atoms with Gasteiger partial charge in [0.2, 0.25) is 0 Å². The van der Waals surface area contributed by atoms with Crippen molar-refractivity contribution in [3.05, 3.63) is 70.5 Å². The van der Waals surface area contributed by atoms with Crippen molar-refractivity contribution in [2.75, 3.05) is 27.9 Å². The van der Waals surface area contributed by atoms with E-state index in [1.807, 2.05) is 24.3 Å². The molecule has 30 heavy (non-hydrogen) atoms. The van der Waals surface area contributed by atoms with Gasteiger partial charge in [0.25, 0.3) is 11.5 Å². The van der Waals surface area contributed by atoms with E-state index in [0.29, 0.717) is 22.8 Å². The van der Waals surface area contributed by atoms with Crippen LogP contribution in [-0.4, -0.2) is 43.6 Å². The third kappa shape index (κ3) is 4.96. The summed E-state index contributed by atoms with van der Waals surface area (Å²) in [6.45, 7) is 0.465. The molecule has 0 saturated heterocycles. The number of nitrogens with one attached hydrogen (secondary N) is 1. The van der Waals surface area contributed by atoms with Gasteiger partial charge in [0, 0.05) is 29.8 Å². The molecule has 0 fully saturated rings. The quantitative estimate of drug-likeness (QED) is 0.614. The number of ether oxygens (including phenoxy) is 3. The maximum absolute atomic E-state index is 12.5. The maximum Gasteiger partial charge on any atom is 0.266 e. The van der Waals surface area contributed by atoms with Crippen LogP contribution in [0.5, 0.6) is 17.2 Å². The fourth-order valence-corrected chi connectivity index (χ4v) is 2.84. The normalized spacial score (nSPS) is 10.4. The molecule has 0 aliphatic rings. The van der Waals surface area contributed by atoms with Gasteiger partial charge in [-0.1, -0.05) is 0 Å². The van der Waals surface area contributed by atoms with Gasteiger partial charge in [-0.15, -0.1) is 0 Å². The molecule has 0 saturated carbocycles. The lowest BCUT2D eigenvalue weighted by atomic mass is 10.1. The van der Waals surface area contributed by atoms with Gasteiger partial charge in [-0.3, -0.25) is 9.59 Å². The van der Waals surface area contributed by atoms with E-state index in [0.717, 1.165) is 11.3 Å². The molecule has 8 heteroatoms. The Hall–Kier alpha value is -3.81. The van der Waals surface area contributed by atoms with Crippen molar-refractivity contribution in [1.82, 2.24) is 15.1 Å². The Bertz CT molecular complexity index is 1050. The Morgan fingerprint density at radius 3 is 2.13 bits per heavy atom. The number of carbonyl (C=O) groups is 1. The molecule has 0 unspecified atom stereocenters. The number of benzene rings is 2. The van der Waals surface area contributed by atoms with Crippen LogP contribution in [0.4, 0.5) is 0 Å². The van der Waals surface area contributed by atoms with Crippen LogP contribution in [0.2, 0.25) is 0 Å². The minimum atomic E-state index is -0.299. The standard InChI is InChI=1S/C22H23N3O5/c1-28-17-6-4-15(5-7-17)20-8-9-21(26)25(24-20)11-10-23-22(27)16-12-18(29-2)14-19(13-16)30-3/h4-9,12-14H,10-11H2,1-3H3,(H,23,27). The van der Waals surface area contributed by atoms with E-state index in [1.54, 1.807) is 31.4 Å². The third-order valence-corrected chi connectivity index (χ3v) is 4.48. The summed E-state index contributed by atoms with van der Waals surface area (Å²) in [5, 5.41) is 7.18. The molecule has 0 atom stereocenters. The van der Waals surface area contributed by atoms with Gasteiger partial charge >= 0.3 is 0 Å². The monoisotopic (exact) mass is 409 g/mol. The summed E-state index contributed by atoms with van der Waals surface area (Å²) in [4.78, 5) is 24.6. The zero-order valence-electron chi connectivity index (χ0n) is 17.0. The summed E-state index contributed by atoms with van der Waals surface area (Å²) in [5.41, 5.74) is 1.67. The van der Waals surface area contributed by atoms with Crippen LogP contribution < -0.4 is 25.1 Å². The van der Waals surface area contributed by atoms with E-state index < -0.39 is 0 Å². The van der Waals surface area contributed by atoms with Crippen LogP contribution in [0.25, 0.3) is 11.3 Å². The summed E-state index contributed by atoms with van der Waals surface area (Å²) >= 11 is 0. The number of methoxy groups -OCH3 is 3. The Morgan fingerprint density at radius 1 is 0.900 bits per heavy atom. The lowest BCUT2D eigenvalue weighted by Gasteiger charge is -2.10. The molecular weight excluding hydrogens is 386 g/mol. The molecule has 0 aliphatic carbocycles. The summed E-state index contributed by atoms with van der Waals surface area (Å²) in [5.74, 6) is 1.48. The van der Waals surface area contributed by atoms with Crippen molar-refractivity contribution in [1.29, 1.82) is 0 Å². The molecule has 0 spiro atoms. The molecule has 3 rings (SSSR count). The lowest BCUT2D eigenvalue weighted by molar-refractivity contribution is 0.0951. The average molecular weight is 409 g/mol. The van der Waals surface area contributed by atoms with Crippen molar-refractivity contribution in [2.45, 2.75) is 6.54 Å². The molecule has 1 amide bonds. The zero-order valence-corrected chi connectivity index (χ0v) is 17.0. The van der Waals surface area contributed by atoms with E-state index in [1.165, 1.54) is 25.0 Å². The molecule has 0 radical (unpaired) electrons. The lowest BCUT2D eigenvalue weighted by Crippen LogP contribution is -2.32. The second-order valence-electron chi connectivity index (χ2n) is 6.37. The van der Waals surface area contributed by atoms with Crippen LogP contribution >= 0.6 is 0 Å². The van der Waals surface area contributed by atoms with Gasteiger partial charge in [0.1, 0.15) is 17.2 Å². The molecule has 3 aromatic rings. The molecule has 1 aromatic heterocycles. The first kappa shape index (κ1) is 20.9. The molecule has 2 aromatic carbocycles.